The number of methoxy groups -OCH3 is 1. The molecule has 0 saturated heterocycles. The quantitative estimate of drug-likeness (QED) is 0.857. The third kappa shape index (κ3) is 3.47. The molecule has 1 aliphatic carbocycles. The maximum Gasteiger partial charge on any atom is 0.416 e. The highest BCUT2D eigenvalue weighted by atomic mass is 19.4. The zero-order valence-electron chi connectivity index (χ0n) is 10.3. The van der Waals surface area contributed by atoms with Crippen LogP contribution < -0.4 is 5.32 Å². The van der Waals surface area contributed by atoms with Gasteiger partial charge in [-0.05, 0) is 30.5 Å². The van der Waals surface area contributed by atoms with Crippen LogP contribution in [-0.4, -0.2) is 19.1 Å². The van der Waals surface area contributed by atoms with Crippen molar-refractivity contribution in [2.75, 3.05) is 7.11 Å². The molecule has 1 atom stereocenters. The summed E-state index contributed by atoms with van der Waals surface area (Å²) in [5.74, 6) is -0.578. The van der Waals surface area contributed by atoms with E-state index in [9.17, 15) is 18.0 Å². The van der Waals surface area contributed by atoms with E-state index in [0.717, 1.165) is 25.0 Å². The van der Waals surface area contributed by atoms with Gasteiger partial charge in [0.1, 0.15) is 6.04 Å². The van der Waals surface area contributed by atoms with Crippen LogP contribution in [0.3, 0.4) is 0 Å². The van der Waals surface area contributed by atoms with Crippen LogP contribution in [0.2, 0.25) is 0 Å². The third-order valence-corrected chi connectivity index (χ3v) is 2.96. The van der Waals surface area contributed by atoms with Crippen molar-refractivity contribution >= 4 is 5.97 Å². The molecule has 1 aromatic carbocycles. The second kappa shape index (κ2) is 5.21. The molecule has 1 aromatic rings. The molecule has 1 unspecified atom stereocenters. The Labute approximate surface area is 108 Å². The van der Waals surface area contributed by atoms with Gasteiger partial charge in [-0.15, -0.1) is 0 Å². The second-order valence-electron chi connectivity index (χ2n) is 4.52. The zero-order valence-corrected chi connectivity index (χ0v) is 10.3. The van der Waals surface area contributed by atoms with Gasteiger partial charge in [-0.3, -0.25) is 5.32 Å². The summed E-state index contributed by atoms with van der Waals surface area (Å²) >= 11 is 0. The molecular weight excluding hydrogens is 259 g/mol. The first-order chi connectivity index (χ1) is 8.91. The minimum Gasteiger partial charge on any atom is -0.468 e. The highest BCUT2D eigenvalue weighted by molar-refractivity contribution is 5.77. The molecule has 1 aliphatic rings. The first kappa shape index (κ1) is 13.9. The topological polar surface area (TPSA) is 38.3 Å². The Morgan fingerprint density at radius 2 is 2.11 bits per heavy atom. The summed E-state index contributed by atoms with van der Waals surface area (Å²) in [7, 11) is 1.22. The lowest BCUT2D eigenvalue weighted by Gasteiger charge is -2.18. The number of carbonyl (C=O) groups excluding carboxylic acids is 1. The Hall–Kier alpha value is -1.56. The van der Waals surface area contributed by atoms with Crippen LogP contribution in [-0.2, 0) is 15.7 Å². The minimum absolute atomic E-state index is 0.179. The molecular formula is C13H14F3NO2. The molecule has 0 bridgehead atoms. The van der Waals surface area contributed by atoms with Gasteiger partial charge in [-0.1, -0.05) is 12.1 Å². The summed E-state index contributed by atoms with van der Waals surface area (Å²) in [4.78, 5) is 11.7. The molecule has 0 heterocycles. The Morgan fingerprint density at radius 3 is 2.63 bits per heavy atom. The summed E-state index contributed by atoms with van der Waals surface area (Å²) in [6, 6.07) is 4.08. The Balaban J connectivity index is 2.27. The van der Waals surface area contributed by atoms with E-state index in [1.165, 1.54) is 19.2 Å². The maximum absolute atomic E-state index is 12.7. The number of alkyl halides is 3. The molecule has 1 fully saturated rings. The molecule has 1 saturated carbocycles. The SMILES string of the molecule is COC(=O)C(NC1CC1)c1cccc(C(F)(F)F)c1. The van der Waals surface area contributed by atoms with Gasteiger partial charge < -0.3 is 4.74 Å². The molecule has 6 heteroatoms. The van der Waals surface area contributed by atoms with E-state index in [2.05, 4.69) is 10.1 Å². The molecule has 104 valence electrons. The van der Waals surface area contributed by atoms with E-state index >= 15 is 0 Å². The van der Waals surface area contributed by atoms with Gasteiger partial charge in [0.15, 0.2) is 0 Å². The molecule has 0 amide bonds. The van der Waals surface area contributed by atoms with E-state index in [4.69, 9.17) is 0 Å². The van der Waals surface area contributed by atoms with E-state index in [1.54, 1.807) is 0 Å². The van der Waals surface area contributed by atoms with Gasteiger partial charge >= 0.3 is 12.1 Å². The number of nitrogens with one attached hydrogen (secondary N) is 1. The van der Waals surface area contributed by atoms with Gasteiger partial charge in [0.25, 0.3) is 0 Å². The van der Waals surface area contributed by atoms with E-state index < -0.39 is 23.8 Å². The van der Waals surface area contributed by atoms with Crippen LogP contribution in [0.15, 0.2) is 24.3 Å². The van der Waals surface area contributed by atoms with Crippen LogP contribution in [0.1, 0.15) is 30.0 Å². The fourth-order valence-corrected chi connectivity index (χ4v) is 1.80. The van der Waals surface area contributed by atoms with Gasteiger partial charge in [-0.2, -0.15) is 13.2 Å². The molecule has 0 aliphatic heterocycles. The van der Waals surface area contributed by atoms with Crippen LogP contribution in [0.25, 0.3) is 0 Å². The van der Waals surface area contributed by atoms with Crippen molar-refractivity contribution in [2.24, 2.45) is 0 Å². The number of rotatable bonds is 4. The Bertz CT molecular complexity index is 469. The van der Waals surface area contributed by atoms with Crippen molar-refractivity contribution in [2.45, 2.75) is 31.1 Å². The van der Waals surface area contributed by atoms with Crippen LogP contribution in [0.5, 0.6) is 0 Å². The molecule has 1 N–H and O–H groups in total. The van der Waals surface area contributed by atoms with E-state index in [1.807, 2.05) is 0 Å². The highest BCUT2D eigenvalue weighted by Crippen LogP contribution is 2.32. The highest BCUT2D eigenvalue weighted by Gasteiger charge is 2.34. The largest absolute Gasteiger partial charge is 0.468 e. The summed E-state index contributed by atoms with van der Waals surface area (Å²) in [6.45, 7) is 0. The number of carbonyl (C=O) groups is 1. The predicted molar refractivity (Wildman–Crippen MR) is 62.4 cm³/mol. The fraction of sp³-hybridized carbons (Fsp3) is 0.462. The standard InChI is InChI=1S/C13H14F3NO2/c1-19-12(18)11(17-10-5-6-10)8-3-2-4-9(7-8)13(14,15)16/h2-4,7,10-11,17H,5-6H2,1H3. The Kier molecular flexibility index (Phi) is 3.80. The monoisotopic (exact) mass is 273 g/mol. The lowest BCUT2D eigenvalue weighted by atomic mass is 10.0. The van der Waals surface area contributed by atoms with Crippen molar-refractivity contribution in [1.82, 2.24) is 5.32 Å². The van der Waals surface area contributed by atoms with Crippen molar-refractivity contribution in [1.29, 1.82) is 0 Å². The van der Waals surface area contributed by atoms with Crippen LogP contribution in [0, 0.1) is 0 Å². The number of ether oxygens (including phenoxy) is 1. The van der Waals surface area contributed by atoms with Gasteiger partial charge in [0.05, 0.1) is 12.7 Å². The van der Waals surface area contributed by atoms with Gasteiger partial charge in [0, 0.05) is 6.04 Å². The Morgan fingerprint density at radius 1 is 1.42 bits per heavy atom. The van der Waals surface area contributed by atoms with Crippen molar-refractivity contribution in [3.63, 3.8) is 0 Å². The third-order valence-electron chi connectivity index (χ3n) is 2.96. The van der Waals surface area contributed by atoms with Crippen molar-refractivity contribution < 1.29 is 22.7 Å². The molecule has 0 radical (unpaired) electrons. The molecule has 3 nitrogen and oxygen atoms in total. The predicted octanol–water partition coefficient (Wildman–Crippen LogP) is 2.67. The summed E-state index contributed by atoms with van der Waals surface area (Å²) in [6.07, 6.45) is -2.57. The van der Waals surface area contributed by atoms with Crippen molar-refractivity contribution in [3.05, 3.63) is 35.4 Å². The average molecular weight is 273 g/mol. The number of halogens is 3. The van der Waals surface area contributed by atoms with Crippen molar-refractivity contribution in [3.8, 4) is 0 Å². The smallest absolute Gasteiger partial charge is 0.416 e. The molecule has 19 heavy (non-hydrogen) atoms. The van der Waals surface area contributed by atoms with Gasteiger partial charge in [-0.25, -0.2) is 4.79 Å². The normalized spacial score (nSPS) is 17.1. The maximum atomic E-state index is 12.7. The number of hydrogen-bond donors (Lipinski definition) is 1. The summed E-state index contributed by atoms with van der Waals surface area (Å²) in [5, 5.41) is 2.99. The van der Waals surface area contributed by atoms with Crippen LogP contribution >= 0.6 is 0 Å². The fourth-order valence-electron chi connectivity index (χ4n) is 1.80. The van der Waals surface area contributed by atoms with Gasteiger partial charge in [0.2, 0.25) is 0 Å². The zero-order chi connectivity index (χ0) is 14.0. The molecule has 0 spiro atoms. The van der Waals surface area contributed by atoms with Crippen LogP contribution in [0.4, 0.5) is 13.2 Å². The minimum atomic E-state index is -4.42. The molecule has 0 aromatic heterocycles. The van der Waals surface area contributed by atoms with E-state index in [-0.39, 0.29) is 11.6 Å². The molecule has 2 rings (SSSR count). The van der Waals surface area contributed by atoms with E-state index in [0.29, 0.717) is 0 Å². The summed E-state index contributed by atoms with van der Waals surface area (Å²) in [5.41, 5.74) is -0.495. The average Bonchev–Trinajstić information content (AvgIpc) is 3.18. The second-order valence-corrected chi connectivity index (χ2v) is 4.52. The first-order valence-corrected chi connectivity index (χ1v) is 5.93. The summed E-state index contributed by atoms with van der Waals surface area (Å²) < 4.78 is 42.6. The lowest BCUT2D eigenvalue weighted by Crippen LogP contribution is -2.31. The lowest BCUT2D eigenvalue weighted by molar-refractivity contribution is -0.144. The number of hydrogen-bond acceptors (Lipinski definition) is 3. The number of esters is 1. The number of benzene rings is 1. The first-order valence-electron chi connectivity index (χ1n) is 5.93.